The lowest BCUT2D eigenvalue weighted by atomic mass is 10.1. The van der Waals surface area contributed by atoms with E-state index in [1.807, 2.05) is 45.2 Å². The Hall–Kier alpha value is -3.02. The van der Waals surface area contributed by atoms with Gasteiger partial charge in [-0.3, -0.25) is 4.79 Å². The Balaban J connectivity index is 1.66. The fourth-order valence-corrected chi connectivity index (χ4v) is 4.17. The number of halogens is 1. The lowest BCUT2D eigenvalue weighted by Crippen LogP contribution is -2.33. The predicted octanol–water partition coefficient (Wildman–Crippen LogP) is 4.70. The van der Waals surface area contributed by atoms with Gasteiger partial charge in [0.15, 0.2) is 11.0 Å². The summed E-state index contributed by atoms with van der Waals surface area (Å²) in [5.74, 6) is 1.28. The Morgan fingerprint density at radius 3 is 2.62 bits per heavy atom. The number of aryl methyl sites for hydroxylation is 2. The third kappa shape index (κ3) is 6.02. The standard InChI is InChI=1S/C23H24ClN5O2S/c1-16-11-17(2)13-18(12-16)29(10-6-9-25)22(30)15-32-23-27-26-21(28(23)3)14-31-20-8-5-4-7-19(20)24/h4-5,7-8,11-13H,6,10,14-15H2,1-3H3. The molecular weight excluding hydrogens is 446 g/mol. The molecule has 7 nitrogen and oxygen atoms in total. The molecule has 32 heavy (non-hydrogen) atoms. The summed E-state index contributed by atoms with van der Waals surface area (Å²) in [5, 5.41) is 18.5. The van der Waals surface area contributed by atoms with Gasteiger partial charge in [-0.2, -0.15) is 5.26 Å². The van der Waals surface area contributed by atoms with Gasteiger partial charge in [-0.05, 0) is 49.2 Å². The maximum Gasteiger partial charge on any atom is 0.237 e. The second-order valence-corrected chi connectivity index (χ2v) is 8.61. The Labute approximate surface area is 197 Å². The topological polar surface area (TPSA) is 84.0 Å². The monoisotopic (exact) mass is 469 g/mol. The molecule has 0 aliphatic heterocycles. The molecule has 0 spiro atoms. The van der Waals surface area contributed by atoms with Gasteiger partial charge in [-0.1, -0.05) is 41.6 Å². The number of ether oxygens (including phenoxy) is 1. The molecular formula is C23H24ClN5O2S. The summed E-state index contributed by atoms with van der Waals surface area (Å²) in [6.07, 6.45) is 0.261. The molecule has 9 heteroatoms. The van der Waals surface area contributed by atoms with Gasteiger partial charge < -0.3 is 14.2 Å². The maximum absolute atomic E-state index is 13.0. The molecule has 1 amide bonds. The zero-order chi connectivity index (χ0) is 23.1. The number of para-hydroxylation sites is 1. The summed E-state index contributed by atoms with van der Waals surface area (Å²) in [4.78, 5) is 14.7. The summed E-state index contributed by atoms with van der Waals surface area (Å²) in [5.41, 5.74) is 2.94. The van der Waals surface area contributed by atoms with Gasteiger partial charge in [0.05, 0.1) is 23.3 Å². The molecule has 0 N–H and O–H groups in total. The van der Waals surface area contributed by atoms with Crippen molar-refractivity contribution in [2.24, 2.45) is 7.05 Å². The Morgan fingerprint density at radius 2 is 1.94 bits per heavy atom. The number of carbonyl (C=O) groups excluding carboxylic acids is 1. The van der Waals surface area contributed by atoms with Crippen molar-refractivity contribution in [3.63, 3.8) is 0 Å². The first kappa shape index (κ1) is 23.6. The van der Waals surface area contributed by atoms with Gasteiger partial charge in [0, 0.05) is 19.3 Å². The fourth-order valence-electron chi connectivity index (χ4n) is 3.17. The minimum atomic E-state index is -0.0906. The highest BCUT2D eigenvalue weighted by atomic mass is 35.5. The third-order valence-electron chi connectivity index (χ3n) is 4.71. The first-order chi connectivity index (χ1) is 15.4. The average Bonchev–Trinajstić information content (AvgIpc) is 3.10. The largest absolute Gasteiger partial charge is 0.484 e. The second kappa shape index (κ2) is 11.0. The molecule has 166 valence electrons. The molecule has 0 radical (unpaired) electrons. The molecule has 3 rings (SSSR count). The van der Waals surface area contributed by atoms with Gasteiger partial charge in [-0.15, -0.1) is 10.2 Å². The van der Waals surface area contributed by atoms with Crippen LogP contribution in [0.4, 0.5) is 5.69 Å². The Kier molecular flexibility index (Phi) is 8.14. The molecule has 2 aromatic carbocycles. The van der Waals surface area contributed by atoms with E-state index in [-0.39, 0.29) is 24.7 Å². The maximum atomic E-state index is 13.0. The van der Waals surface area contributed by atoms with Crippen LogP contribution in [0.5, 0.6) is 5.75 Å². The zero-order valence-electron chi connectivity index (χ0n) is 18.2. The molecule has 0 unspecified atom stereocenters. The Bertz CT molecular complexity index is 1120. The van der Waals surface area contributed by atoms with Crippen molar-refractivity contribution >= 4 is 35.0 Å². The number of thioether (sulfide) groups is 1. The first-order valence-corrected chi connectivity index (χ1v) is 11.4. The predicted molar refractivity (Wildman–Crippen MR) is 126 cm³/mol. The van der Waals surface area contributed by atoms with E-state index in [0.717, 1.165) is 16.8 Å². The number of amides is 1. The van der Waals surface area contributed by atoms with Crippen molar-refractivity contribution < 1.29 is 9.53 Å². The SMILES string of the molecule is Cc1cc(C)cc(N(CCC#N)C(=O)CSc2nnc(COc3ccccc3Cl)n2C)c1. The van der Waals surface area contributed by atoms with Crippen molar-refractivity contribution in [2.75, 3.05) is 17.2 Å². The van der Waals surface area contributed by atoms with Gasteiger partial charge in [0.2, 0.25) is 5.91 Å². The van der Waals surface area contributed by atoms with Gasteiger partial charge in [-0.25, -0.2) is 0 Å². The van der Waals surface area contributed by atoms with Crippen LogP contribution in [0.3, 0.4) is 0 Å². The number of anilines is 1. The van der Waals surface area contributed by atoms with Crippen LogP contribution in [-0.4, -0.2) is 33.0 Å². The molecule has 0 fully saturated rings. The molecule has 0 atom stereocenters. The van der Waals surface area contributed by atoms with Crippen LogP contribution in [0, 0.1) is 25.2 Å². The van der Waals surface area contributed by atoms with Gasteiger partial charge in [0.1, 0.15) is 12.4 Å². The minimum absolute atomic E-state index is 0.0906. The summed E-state index contributed by atoms with van der Waals surface area (Å²) < 4.78 is 7.53. The number of nitriles is 1. The number of rotatable bonds is 9. The van der Waals surface area contributed by atoms with E-state index in [2.05, 4.69) is 22.3 Å². The van der Waals surface area contributed by atoms with Crippen molar-refractivity contribution in [1.82, 2.24) is 14.8 Å². The zero-order valence-corrected chi connectivity index (χ0v) is 19.8. The van der Waals surface area contributed by atoms with E-state index in [4.69, 9.17) is 21.6 Å². The van der Waals surface area contributed by atoms with E-state index >= 15 is 0 Å². The van der Waals surface area contributed by atoms with E-state index in [0.29, 0.717) is 28.3 Å². The highest BCUT2D eigenvalue weighted by Crippen LogP contribution is 2.25. The third-order valence-corrected chi connectivity index (χ3v) is 6.03. The lowest BCUT2D eigenvalue weighted by molar-refractivity contribution is -0.116. The quantitative estimate of drug-likeness (QED) is 0.422. The molecule has 1 aromatic heterocycles. The van der Waals surface area contributed by atoms with Crippen molar-refractivity contribution in [3.05, 3.63) is 64.4 Å². The van der Waals surface area contributed by atoms with Crippen molar-refractivity contribution in [3.8, 4) is 11.8 Å². The van der Waals surface area contributed by atoms with Gasteiger partial charge in [0.25, 0.3) is 0 Å². The fraction of sp³-hybridized carbons (Fsp3) is 0.304. The summed E-state index contributed by atoms with van der Waals surface area (Å²) >= 11 is 7.42. The highest BCUT2D eigenvalue weighted by molar-refractivity contribution is 7.99. The molecule has 0 aliphatic carbocycles. The first-order valence-electron chi connectivity index (χ1n) is 10.0. The number of nitrogens with zero attached hydrogens (tertiary/aromatic N) is 5. The molecule has 0 bridgehead atoms. The summed E-state index contributed by atoms with van der Waals surface area (Å²) in [7, 11) is 1.83. The summed E-state index contributed by atoms with van der Waals surface area (Å²) in [6.45, 7) is 4.53. The second-order valence-electron chi connectivity index (χ2n) is 7.26. The van der Waals surface area contributed by atoms with Crippen LogP contribution in [-0.2, 0) is 18.4 Å². The van der Waals surface area contributed by atoms with Crippen LogP contribution < -0.4 is 9.64 Å². The van der Waals surface area contributed by atoms with E-state index in [1.165, 1.54) is 11.8 Å². The molecule has 0 aliphatic rings. The van der Waals surface area contributed by atoms with Crippen LogP contribution in [0.2, 0.25) is 5.02 Å². The van der Waals surface area contributed by atoms with Crippen LogP contribution in [0.15, 0.2) is 47.6 Å². The number of aromatic nitrogens is 3. The summed E-state index contributed by atoms with van der Waals surface area (Å²) in [6, 6.07) is 15.3. The van der Waals surface area contributed by atoms with E-state index in [1.54, 1.807) is 21.6 Å². The number of hydrogen-bond acceptors (Lipinski definition) is 6. The van der Waals surface area contributed by atoms with E-state index in [9.17, 15) is 4.79 Å². The highest BCUT2D eigenvalue weighted by Gasteiger charge is 2.19. The van der Waals surface area contributed by atoms with Crippen molar-refractivity contribution in [1.29, 1.82) is 5.26 Å². The molecule has 0 saturated heterocycles. The lowest BCUT2D eigenvalue weighted by Gasteiger charge is -2.22. The van der Waals surface area contributed by atoms with Crippen molar-refractivity contribution in [2.45, 2.75) is 32.0 Å². The van der Waals surface area contributed by atoms with Crippen LogP contribution >= 0.6 is 23.4 Å². The normalized spacial score (nSPS) is 10.6. The number of carbonyl (C=O) groups is 1. The molecule has 1 heterocycles. The average molecular weight is 470 g/mol. The number of hydrogen-bond donors (Lipinski definition) is 0. The minimum Gasteiger partial charge on any atom is -0.484 e. The van der Waals surface area contributed by atoms with Crippen LogP contribution in [0.1, 0.15) is 23.4 Å². The van der Waals surface area contributed by atoms with E-state index < -0.39 is 0 Å². The smallest absolute Gasteiger partial charge is 0.237 e. The number of benzene rings is 2. The van der Waals surface area contributed by atoms with Gasteiger partial charge >= 0.3 is 0 Å². The van der Waals surface area contributed by atoms with Crippen LogP contribution in [0.25, 0.3) is 0 Å². The molecule has 0 saturated carbocycles. The Morgan fingerprint density at radius 1 is 1.22 bits per heavy atom. The molecule has 3 aromatic rings.